The average molecular weight is 463 g/mol. The quantitative estimate of drug-likeness (QED) is 0.260. The van der Waals surface area contributed by atoms with Crippen LogP contribution in [-0.4, -0.2) is 35.0 Å². The van der Waals surface area contributed by atoms with E-state index in [-0.39, 0.29) is 30.2 Å². The molecule has 3 unspecified atom stereocenters. The molecule has 2 aliphatic rings. The summed E-state index contributed by atoms with van der Waals surface area (Å²) in [6, 6.07) is 17.7. The van der Waals surface area contributed by atoms with E-state index < -0.39 is 5.60 Å². The van der Waals surface area contributed by atoms with Gasteiger partial charge in [0.05, 0.1) is 23.4 Å². The molecule has 0 spiro atoms. The number of aliphatic hydroxyl groups is 1. The van der Waals surface area contributed by atoms with Crippen molar-refractivity contribution in [2.24, 2.45) is 11.8 Å². The summed E-state index contributed by atoms with van der Waals surface area (Å²) in [6.45, 7) is 6.14. The molecular weight excluding hydrogens is 424 g/mol. The second-order valence-electron chi connectivity index (χ2n) is 10.3. The fraction of sp³-hybridized carbons (Fsp3) is 0.500. The molecule has 4 nitrogen and oxygen atoms in total. The first-order valence-corrected chi connectivity index (χ1v) is 12.8. The summed E-state index contributed by atoms with van der Waals surface area (Å²) < 4.78 is 12.2. The fourth-order valence-electron chi connectivity index (χ4n) is 5.45. The molecule has 0 aromatic heterocycles. The lowest BCUT2D eigenvalue weighted by atomic mass is 9.88. The normalized spacial score (nSPS) is 28.1. The number of ether oxygens (including phenoxy) is 2. The third-order valence-corrected chi connectivity index (χ3v) is 7.33. The smallest absolute Gasteiger partial charge is 0.338 e. The molecule has 182 valence electrons. The summed E-state index contributed by atoms with van der Waals surface area (Å²) in [7, 11) is 0. The first-order chi connectivity index (χ1) is 16.4. The van der Waals surface area contributed by atoms with E-state index in [9.17, 15) is 9.90 Å². The van der Waals surface area contributed by atoms with E-state index in [0.717, 1.165) is 43.2 Å². The lowest BCUT2D eigenvalue weighted by Gasteiger charge is -2.24. The summed E-state index contributed by atoms with van der Waals surface area (Å²) in [6.07, 6.45) is 9.75. The maximum Gasteiger partial charge on any atom is 0.338 e. The number of esters is 1. The molecule has 2 fully saturated rings. The van der Waals surface area contributed by atoms with Crippen molar-refractivity contribution in [2.75, 3.05) is 0 Å². The standard InChI is InChI=1S/C30H38O4/c1-4-5-9-17-30(3,32)18-16-25-26-19-21(2)33-28(26)20-27(25)34-29(31)24-14-12-23(13-15-24)22-10-7-6-8-11-22/h6-8,10-16,18,21,25-28,32H,4-5,9,17,19-20H2,1-3H3/b18-16+/t21?,25?,26-,27-,28+,30?/m1/s1. The molecule has 1 N–H and O–H groups in total. The van der Waals surface area contributed by atoms with E-state index >= 15 is 0 Å². The fourth-order valence-corrected chi connectivity index (χ4v) is 5.45. The van der Waals surface area contributed by atoms with Crippen LogP contribution in [0.4, 0.5) is 0 Å². The van der Waals surface area contributed by atoms with Gasteiger partial charge < -0.3 is 14.6 Å². The van der Waals surface area contributed by atoms with Crippen LogP contribution in [0.25, 0.3) is 11.1 Å². The number of hydrogen-bond donors (Lipinski definition) is 1. The summed E-state index contributed by atoms with van der Waals surface area (Å²) in [5, 5.41) is 10.8. The van der Waals surface area contributed by atoms with Crippen LogP contribution in [0.15, 0.2) is 66.7 Å². The summed E-state index contributed by atoms with van der Waals surface area (Å²) in [4.78, 5) is 13.0. The van der Waals surface area contributed by atoms with Crippen molar-refractivity contribution >= 4 is 5.97 Å². The third-order valence-electron chi connectivity index (χ3n) is 7.33. The van der Waals surface area contributed by atoms with Crippen LogP contribution in [0.3, 0.4) is 0 Å². The first kappa shape index (κ1) is 24.7. The molecule has 0 bridgehead atoms. The van der Waals surface area contributed by atoms with Crippen LogP contribution in [0.2, 0.25) is 0 Å². The van der Waals surface area contributed by atoms with Gasteiger partial charge >= 0.3 is 5.97 Å². The number of carbonyl (C=O) groups excluding carboxylic acids is 1. The largest absolute Gasteiger partial charge is 0.458 e. The highest BCUT2D eigenvalue weighted by molar-refractivity contribution is 5.90. The molecule has 4 heteroatoms. The Kier molecular flexibility index (Phi) is 7.90. The first-order valence-electron chi connectivity index (χ1n) is 12.8. The number of carbonyl (C=O) groups is 1. The maximum atomic E-state index is 13.0. The Labute approximate surface area is 204 Å². The minimum Gasteiger partial charge on any atom is -0.458 e. The minimum absolute atomic E-state index is 0.0557. The molecule has 2 aromatic carbocycles. The Balaban J connectivity index is 1.45. The Morgan fingerprint density at radius 1 is 1.09 bits per heavy atom. The second-order valence-corrected chi connectivity index (χ2v) is 10.3. The molecule has 4 rings (SSSR count). The van der Waals surface area contributed by atoms with Gasteiger partial charge in [-0.25, -0.2) is 4.79 Å². The van der Waals surface area contributed by atoms with E-state index in [1.165, 1.54) is 0 Å². The van der Waals surface area contributed by atoms with E-state index in [1.807, 2.05) is 55.5 Å². The van der Waals surface area contributed by atoms with Crippen molar-refractivity contribution in [1.82, 2.24) is 0 Å². The molecular formula is C30H38O4. The Bertz CT molecular complexity index is 963. The highest BCUT2D eigenvalue weighted by atomic mass is 16.6. The molecule has 0 radical (unpaired) electrons. The number of fused-ring (bicyclic) bond motifs is 1. The van der Waals surface area contributed by atoms with Crippen molar-refractivity contribution in [2.45, 2.75) is 83.2 Å². The molecule has 0 amide bonds. The van der Waals surface area contributed by atoms with Crippen LogP contribution < -0.4 is 0 Å². The topological polar surface area (TPSA) is 55.8 Å². The van der Waals surface area contributed by atoms with Crippen molar-refractivity contribution in [3.05, 3.63) is 72.3 Å². The molecule has 1 saturated heterocycles. The molecule has 1 aliphatic heterocycles. The molecule has 2 aromatic rings. The number of hydrogen-bond acceptors (Lipinski definition) is 4. The molecule has 6 atom stereocenters. The minimum atomic E-state index is -0.847. The maximum absolute atomic E-state index is 13.0. The SMILES string of the molecule is CCCCCC(C)(O)/C=C/C1[C@H]2CC(C)O[C@H]2C[C@H]1OC(=O)c1ccc(-c2ccccc2)cc1. The summed E-state index contributed by atoms with van der Waals surface area (Å²) in [5.41, 5.74) is 1.90. The molecule has 1 aliphatic carbocycles. The van der Waals surface area contributed by atoms with Crippen LogP contribution in [0, 0.1) is 11.8 Å². The van der Waals surface area contributed by atoms with Gasteiger partial charge in [0.25, 0.3) is 0 Å². The Hall–Kier alpha value is -2.43. The van der Waals surface area contributed by atoms with Gasteiger partial charge in [-0.3, -0.25) is 0 Å². The van der Waals surface area contributed by atoms with E-state index in [0.29, 0.717) is 17.9 Å². The van der Waals surface area contributed by atoms with Crippen LogP contribution in [-0.2, 0) is 9.47 Å². The molecule has 1 saturated carbocycles. The van der Waals surface area contributed by atoms with Crippen molar-refractivity contribution < 1.29 is 19.4 Å². The number of unbranched alkanes of at least 4 members (excludes halogenated alkanes) is 2. The number of benzene rings is 2. The lowest BCUT2D eigenvalue weighted by molar-refractivity contribution is 0.00957. The summed E-state index contributed by atoms with van der Waals surface area (Å²) in [5.74, 6) is 0.0711. The van der Waals surface area contributed by atoms with Crippen molar-refractivity contribution in [3.63, 3.8) is 0 Å². The highest BCUT2D eigenvalue weighted by Crippen LogP contribution is 2.45. The zero-order chi connectivity index (χ0) is 24.1. The van der Waals surface area contributed by atoms with Gasteiger partial charge in [0.15, 0.2) is 0 Å². The van der Waals surface area contributed by atoms with Gasteiger partial charge in [-0.2, -0.15) is 0 Å². The zero-order valence-corrected chi connectivity index (χ0v) is 20.7. The number of rotatable bonds is 9. The predicted octanol–water partition coefficient (Wildman–Crippen LogP) is 6.58. The second kappa shape index (κ2) is 10.9. The third kappa shape index (κ3) is 5.97. The van der Waals surface area contributed by atoms with E-state index in [4.69, 9.17) is 9.47 Å². The van der Waals surface area contributed by atoms with Gasteiger partial charge in [-0.1, -0.05) is 80.8 Å². The monoisotopic (exact) mass is 462 g/mol. The van der Waals surface area contributed by atoms with Gasteiger partial charge in [-0.15, -0.1) is 0 Å². The Morgan fingerprint density at radius 2 is 1.79 bits per heavy atom. The van der Waals surface area contributed by atoms with Crippen LogP contribution in [0.1, 0.15) is 69.7 Å². The van der Waals surface area contributed by atoms with Crippen LogP contribution >= 0.6 is 0 Å². The van der Waals surface area contributed by atoms with Crippen LogP contribution in [0.5, 0.6) is 0 Å². The predicted molar refractivity (Wildman–Crippen MR) is 136 cm³/mol. The lowest BCUT2D eigenvalue weighted by Crippen LogP contribution is -2.27. The van der Waals surface area contributed by atoms with E-state index in [2.05, 4.69) is 32.1 Å². The highest BCUT2D eigenvalue weighted by Gasteiger charge is 2.49. The summed E-state index contributed by atoms with van der Waals surface area (Å²) >= 11 is 0. The van der Waals surface area contributed by atoms with E-state index in [1.54, 1.807) is 0 Å². The van der Waals surface area contributed by atoms with Crippen molar-refractivity contribution in [1.29, 1.82) is 0 Å². The van der Waals surface area contributed by atoms with Gasteiger partial charge in [-0.05, 0) is 55.9 Å². The van der Waals surface area contributed by atoms with Gasteiger partial charge in [0, 0.05) is 12.3 Å². The zero-order valence-electron chi connectivity index (χ0n) is 20.7. The molecule has 34 heavy (non-hydrogen) atoms. The average Bonchev–Trinajstić information content (AvgIpc) is 3.33. The van der Waals surface area contributed by atoms with Gasteiger partial charge in [0.1, 0.15) is 6.10 Å². The van der Waals surface area contributed by atoms with Crippen molar-refractivity contribution in [3.8, 4) is 11.1 Å². The Morgan fingerprint density at radius 3 is 2.50 bits per heavy atom. The molecule has 1 heterocycles. The van der Waals surface area contributed by atoms with Gasteiger partial charge in [0.2, 0.25) is 0 Å².